The molecular weight excluding hydrogens is 176 g/mol. The van der Waals surface area contributed by atoms with Crippen molar-refractivity contribution in [2.75, 3.05) is 6.61 Å². The van der Waals surface area contributed by atoms with Crippen molar-refractivity contribution < 1.29 is 28.3 Å². The first-order chi connectivity index (χ1) is 3.41. The van der Waals surface area contributed by atoms with E-state index in [4.69, 9.17) is 8.50 Å². The van der Waals surface area contributed by atoms with E-state index in [9.17, 15) is 0 Å². The molecule has 0 radical (unpaired) electrons. The second-order valence-corrected chi connectivity index (χ2v) is 0.931. The van der Waals surface area contributed by atoms with E-state index in [2.05, 4.69) is 6.92 Å². The number of aliphatic hydroxyl groups is 1. The van der Waals surface area contributed by atoms with Crippen LogP contribution in [0.25, 0.3) is 0 Å². The van der Waals surface area contributed by atoms with Gasteiger partial charge in [-0.05, 0) is 0 Å². The van der Waals surface area contributed by atoms with Crippen LogP contribution in [-0.2, 0) is 23.2 Å². The third-order valence-corrected chi connectivity index (χ3v) is 0.408. The van der Waals surface area contributed by atoms with Crippen LogP contribution < -0.4 is 0 Å². The van der Waals surface area contributed by atoms with Crippen molar-refractivity contribution in [3.8, 4) is 0 Å². The Labute approximate surface area is 55.1 Å². The van der Waals surface area contributed by atoms with Crippen molar-refractivity contribution in [3.63, 3.8) is 0 Å². The van der Waals surface area contributed by atoms with E-state index in [0.717, 1.165) is 12.8 Å². The van der Waals surface area contributed by atoms with Crippen molar-refractivity contribution >= 4 is 0 Å². The van der Waals surface area contributed by atoms with Crippen LogP contribution in [0.4, 0.5) is 0 Å². The maximum absolute atomic E-state index is 8.26. The summed E-state index contributed by atoms with van der Waals surface area (Å²) in [6.45, 7) is 3.80. The first-order valence-corrected chi connectivity index (χ1v) is 2.80. The normalized spacial score (nSPS) is 6.57. The summed E-state index contributed by atoms with van der Waals surface area (Å²) in [4.78, 5) is 0. The molecule has 0 aromatic rings. The molecule has 0 saturated carbocycles. The fourth-order valence-electron chi connectivity index (χ4n) is 0.112. The Kier molecular flexibility index (Phi) is 24.0. The molecular formula is C4H9MoO2-. The van der Waals surface area contributed by atoms with Gasteiger partial charge in [0.2, 0.25) is 0 Å². The van der Waals surface area contributed by atoms with Crippen LogP contribution in [0.3, 0.4) is 0 Å². The van der Waals surface area contributed by atoms with Crippen molar-refractivity contribution in [2.45, 2.75) is 12.8 Å². The predicted molar refractivity (Wildman–Crippen MR) is 22.4 cm³/mol. The molecule has 0 aliphatic rings. The van der Waals surface area contributed by atoms with Gasteiger partial charge in [-0.3, -0.25) is 0 Å². The minimum absolute atomic E-state index is 0.281. The average molecular weight is 185 g/mol. The zero-order valence-electron chi connectivity index (χ0n) is 4.09. The summed E-state index contributed by atoms with van der Waals surface area (Å²) >= 11 is 0.700. The molecule has 2 nitrogen and oxygen atoms in total. The number of rotatable bonds is 2. The van der Waals surface area contributed by atoms with Crippen LogP contribution in [0.1, 0.15) is 12.8 Å². The molecule has 0 saturated heterocycles. The number of hydrogen-bond acceptors (Lipinski definition) is 2. The Hall–Kier alpha value is 0.448. The van der Waals surface area contributed by atoms with E-state index >= 15 is 0 Å². The van der Waals surface area contributed by atoms with Gasteiger partial charge >= 0.3 is 23.2 Å². The number of unbranched alkanes of at least 4 members (excludes halogenated alkanes) is 1. The Bertz CT molecular complexity index is 23.7. The van der Waals surface area contributed by atoms with E-state index in [-0.39, 0.29) is 6.61 Å². The summed E-state index contributed by atoms with van der Waals surface area (Å²) in [6.07, 6.45) is 1.68. The van der Waals surface area contributed by atoms with Gasteiger partial charge in [0.1, 0.15) is 0 Å². The summed E-state index contributed by atoms with van der Waals surface area (Å²) in [5.74, 6) is 0. The summed E-state index contributed by atoms with van der Waals surface area (Å²) in [6, 6.07) is 0. The SMILES string of the molecule is [CH2-]CCCO.[O]=[Mo]. The van der Waals surface area contributed by atoms with Gasteiger partial charge < -0.3 is 12.0 Å². The predicted octanol–water partition coefficient (Wildman–Crippen LogP) is 0.472. The first kappa shape index (κ1) is 10.4. The zero-order chi connectivity index (χ0) is 6.12. The Morgan fingerprint density at radius 2 is 2.00 bits per heavy atom. The fourth-order valence-corrected chi connectivity index (χ4v) is 0.112. The molecule has 0 atom stereocenters. The molecule has 0 aromatic heterocycles. The van der Waals surface area contributed by atoms with E-state index in [1.54, 1.807) is 0 Å². The van der Waals surface area contributed by atoms with E-state index in [0.29, 0.717) is 19.8 Å². The monoisotopic (exact) mass is 187 g/mol. The van der Waals surface area contributed by atoms with Gasteiger partial charge in [-0.2, -0.15) is 6.42 Å². The summed E-state index contributed by atoms with van der Waals surface area (Å²) < 4.78 is 8.26. The van der Waals surface area contributed by atoms with Gasteiger partial charge in [-0.1, -0.05) is 6.42 Å². The van der Waals surface area contributed by atoms with Crippen LogP contribution in [0.2, 0.25) is 0 Å². The van der Waals surface area contributed by atoms with E-state index < -0.39 is 0 Å². The molecule has 0 aliphatic carbocycles. The van der Waals surface area contributed by atoms with Gasteiger partial charge in [-0.15, -0.1) is 0 Å². The van der Waals surface area contributed by atoms with Gasteiger partial charge in [0.05, 0.1) is 0 Å². The molecule has 0 fully saturated rings. The molecule has 1 N–H and O–H groups in total. The topological polar surface area (TPSA) is 37.3 Å². The Balaban J connectivity index is 0. The van der Waals surface area contributed by atoms with E-state index in [1.165, 1.54) is 0 Å². The number of aliphatic hydroxyl groups excluding tert-OH is 1. The zero-order valence-corrected chi connectivity index (χ0v) is 6.10. The van der Waals surface area contributed by atoms with Crippen molar-refractivity contribution in [1.82, 2.24) is 0 Å². The number of hydrogen-bond donors (Lipinski definition) is 1. The van der Waals surface area contributed by atoms with Crippen LogP contribution >= 0.6 is 0 Å². The molecule has 0 aromatic carbocycles. The van der Waals surface area contributed by atoms with Crippen LogP contribution in [0.15, 0.2) is 0 Å². The Morgan fingerprint density at radius 1 is 1.57 bits per heavy atom. The van der Waals surface area contributed by atoms with Gasteiger partial charge in [-0.25, -0.2) is 0 Å². The molecule has 0 aliphatic heterocycles. The third kappa shape index (κ3) is 21.3. The third-order valence-electron chi connectivity index (χ3n) is 0.408. The van der Waals surface area contributed by atoms with Crippen molar-refractivity contribution in [2.24, 2.45) is 0 Å². The van der Waals surface area contributed by atoms with Crippen LogP contribution in [0.5, 0.6) is 0 Å². The average Bonchev–Trinajstić information content (AvgIpc) is 1.75. The van der Waals surface area contributed by atoms with Crippen LogP contribution in [0, 0.1) is 6.92 Å². The second-order valence-electron chi connectivity index (χ2n) is 0.931. The van der Waals surface area contributed by atoms with Gasteiger partial charge in [0.15, 0.2) is 0 Å². The molecule has 0 unspecified atom stereocenters. The standard InChI is InChI=1S/C4H9O.Mo.O/c1-2-3-4-5;;/h5H,1-4H2;;/q-1;;. The summed E-state index contributed by atoms with van der Waals surface area (Å²) in [7, 11) is 0. The molecule has 3 heteroatoms. The minimum atomic E-state index is 0.281. The fraction of sp³-hybridized carbons (Fsp3) is 0.750. The quantitative estimate of drug-likeness (QED) is 0.501. The summed E-state index contributed by atoms with van der Waals surface area (Å²) in [5.41, 5.74) is 0. The van der Waals surface area contributed by atoms with Gasteiger partial charge in [0, 0.05) is 6.61 Å². The molecule has 0 amide bonds. The molecule has 0 heterocycles. The maximum atomic E-state index is 8.26. The molecule has 0 bridgehead atoms. The molecule has 0 spiro atoms. The van der Waals surface area contributed by atoms with Crippen molar-refractivity contribution in [3.05, 3.63) is 6.92 Å². The molecule has 44 valence electrons. The molecule has 7 heavy (non-hydrogen) atoms. The van der Waals surface area contributed by atoms with Crippen LogP contribution in [-0.4, -0.2) is 11.7 Å². The van der Waals surface area contributed by atoms with E-state index in [1.807, 2.05) is 0 Å². The van der Waals surface area contributed by atoms with Crippen molar-refractivity contribution in [1.29, 1.82) is 0 Å². The second kappa shape index (κ2) is 16.1. The van der Waals surface area contributed by atoms with Gasteiger partial charge in [0.25, 0.3) is 0 Å². The first-order valence-electron chi connectivity index (χ1n) is 1.98. The summed E-state index contributed by atoms with van der Waals surface area (Å²) in [5, 5.41) is 8.03. The molecule has 0 rings (SSSR count). The Morgan fingerprint density at radius 3 is 2.00 bits per heavy atom.